The van der Waals surface area contributed by atoms with Crippen LogP contribution in [0.2, 0.25) is 0 Å². The molecule has 6 nitrogen and oxygen atoms in total. The number of hydrogen-bond acceptors (Lipinski definition) is 5. The standard InChI is InChI=1S/C21H28N2O4S.ClH/c1-27-20-9-8-18(28(2,25)26)14-19(20)21(24)22-17-10-12-23(13-11-17)15-16-6-4-3-5-7-16;/h3-4,7-9,14,17H,5-6,10-13,15H2,1-2H3,(H,22,24);1H. The first kappa shape index (κ1) is 23.4. The number of sulfone groups is 1. The van der Waals surface area contributed by atoms with Gasteiger partial charge in [-0.2, -0.15) is 0 Å². The van der Waals surface area contributed by atoms with Crippen molar-refractivity contribution in [1.29, 1.82) is 0 Å². The van der Waals surface area contributed by atoms with E-state index in [0.717, 1.165) is 51.6 Å². The van der Waals surface area contributed by atoms with Gasteiger partial charge in [0.2, 0.25) is 0 Å². The van der Waals surface area contributed by atoms with Crippen LogP contribution in [-0.4, -0.2) is 58.3 Å². The van der Waals surface area contributed by atoms with Gasteiger partial charge < -0.3 is 10.1 Å². The number of likely N-dealkylation sites (tertiary alicyclic amines) is 1. The van der Waals surface area contributed by atoms with Crippen molar-refractivity contribution in [2.75, 3.05) is 33.0 Å². The number of nitrogens with one attached hydrogen (secondary N) is 1. The lowest BCUT2D eigenvalue weighted by molar-refractivity contribution is 0.0910. The average molecular weight is 441 g/mol. The van der Waals surface area contributed by atoms with E-state index in [1.54, 1.807) is 0 Å². The fourth-order valence-corrected chi connectivity index (χ4v) is 4.31. The van der Waals surface area contributed by atoms with Crippen LogP contribution in [0.3, 0.4) is 0 Å². The van der Waals surface area contributed by atoms with Gasteiger partial charge in [0.25, 0.3) is 5.91 Å². The molecule has 0 bridgehead atoms. The monoisotopic (exact) mass is 440 g/mol. The topological polar surface area (TPSA) is 75.7 Å². The molecule has 160 valence electrons. The Balaban J connectivity index is 0.00000300. The lowest BCUT2D eigenvalue weighted by Gasteiger charge is -2.33. The van der Waals surface area contributed by atoms with E-state index in [9.17, 15) is 13.2 Å². The number of carbonyl (C=O) groups is 1. The summed E-state index contributed by atoms with van der Waals surface area (Å²) in [5, 5.41) is 3.05. The summed E-state index contributed by atoms with van der Waals surface area (Å²) in [4.78, 5) is 15.3. The summed E-state index contributed by atoms with van der Waals surface area (Å²) in [7, 11) is -1.92. The number of allylic oxidation sites excluding steroid dienone is 3. The van der Waals surface area contributed by atoms with Crippen molar-refractivity contribution in [2.24, 2.45) is 0 Å². The van der Waals surface area contributed by atoms with Gasteiger partial charge in [0.1, 0.15) is 5.75 Å². The Morgan fingerprint density at radius 3 is 2.55 bits per heavy atom. The molecule has 0 saturated carbocycles. The largest absolute Gasteiger partial charge is 0.496 e. The van der Waals surface area contributed by atoms with E-state index in [0.29, 0.717) is 5.75 Å². The molecule has 1 aliphatic heterocycles. The number of nitrogens with zero attached hydrogens (tertiary/aromatic N) is 1. The predicted octanol–water partition coefficient (Wildman–Crippen LogP) is 2.99. The summed E-state index contributed by atoms with van der Waals surface area (Å²) in [6, 6.07) is 4.45. The van der Waals surface area contributed by atoms with Gasteiger partial charge in [0.05, 0.1) is 17.6 Å². The van der Waals surface area contributed by atoms with Crippen LogP contribution in [0, 0.1) is 0 Å². The third kappa shape index (κ3) is 6.32. The van der Waals surface area contributed by atoms with Gasteiger partial charge in [0, 0.05) is 31.9 Å². The van der Waals surface area contributed by atoms with Crippen molar-refractivity contribution in [3.05, 3.63) is 47.6 Å². The zero-order valence-corrected chi connectivity index (χ0v) is 18.5. The smallest absolute Gasteiger partial charge is 0.255 e. The Morgan fingerprint density at radius 2 is 1.97 bits per heavy atom. The van der Waals surface area contributed by atoms with Crippen molar-refractivity contribution in [3.8, 4) is 5.75 Å². The Kier molecular flexibility index (Phi) is 8.31. The van der Waals surface area contributed by atoms with Crippen LogP contribution in [0.5, 0.6) is 5.75 Å². The van der Waals surface area contributed by atoms with Gasteiger partial charge in [-0.1, -0.05) is 23.8 Å². The molecule has 3 rings (SSSR count). The molecule has 0 spiro atoms. The van der Waals surface area contributed by atoms with Crippen LogP contribution in [0.1, 0.15) is 36.0 Å². The first-order chi connectivity index (χ1) is 13.4. The van der Waals surface area contributed by atoms with Gasteiger partial charge in [-0.25, -0.2) is 8.42 Å². The molecule has 1 fully saturated rings. The number of ether oxygens (including phenoxy) is 1. The summed E-state index contributed by atoms with van der Waals surface area (Å²) >= 11 is 0. The number of methoxy groups -OCH3 is 1. The molecule has 1 aromatic rings. The molecule has 29 heavy (non-hydrogen) atoms. The molecule has 0 aromatic heterocycles. The molecule has 2 aliphatic rings. The fraction of sp³-hybridized carbons (Fsp3) is 0.476. The van der Waals surface area contributed by atoms with Crippen molar-refractivity contribution in [3.63, 3.8) is 0 Å². The Bertz CT molecular complexity index is 888. The minimum Gasteiger partial charge on any atom is -0.496 e. The van der Waals surface area contributed by atoms with Crippen LogP contribution in [0.15, 0.2) is 46.9 Å². The lowest BCUT2D eigenvalue weighted by Crippen LogP contribution is -2.45. The molecule has 0 radical (unpaired) electrons. The number of carbonyl (C=O) groups excluding carboxylic acids is 1. The molecule has 1 aliphatic carbocycles. The van der Waals surface area contributed by atoms with Gasteiger partial charge >= 0.3 is 0 Å². The highest BCUT2D eigenvalue weighted by molar-refractivity contribution is 7.90. The maximum absolute atomic E-state index is 12.8. The maximum Gasteiger partial charge on any atom is 0.255 e. The van der Waals surface area contributed by atoms with Gasteiger partial charge in [-0.3, -0.25) is 9.69 Å². The Hall–Kier alpha value is -1.83. The molecule has 1 saturated heterocycles. The minimum atomic E-state index is -3.39. The van der Waals surface area contributed by atoms with E-state index in [1.165, 1.54) is 30.9 Å². The van der Waals surface area contributed by atoms with E-state index < -0.39 is 9.84 Å². The predicted molar refractivity (Wildman–Crippen MR) is 117 cm³/mol. The van der Waals surface area contributed by atoms with E-state index in [2.05, 4.69) is 28.4 Å². The van der Waals surface area contributed by atoms with Crippen molar-refractivity contribution >= 4 is 28.2 Å². The number of piperidine rings is 1. The maximum atomic E-state index is 12.8. The van der Waals surface area contributed by atoms with Crippen molar-refractivity contribution in [2.45, 2.75) is 36.6 Å². The molecule has 0 unspecified atom stereocenters. The second-order valence-electron chi connectivity index (χ2n) is 7.43. The first-order valence-electron chi connectivity index (χ1n) is 9.61. The van der Waals surface area contributed by atoms with Crippen LogP contribution >= 0.6 is 12.4 Å². The van der Waals surface area contributed by atoms with Crippen LogP contribution in [-0.2, 0) is 9.84 Å². The van der Waals surface area contributed by atoms with Crippen molar-refractivity contribution < 1.29 is 17.9 Å². The number of hydrogen-bond donors (Lipinski definition) is 1. The highest BCUT2D eigenvalue weighted by Crippen LogP contribution is 2.23. The summed E-state index contributed by atoms with van der Waals surface area (Å²) in [5.41, 5.74) is 1.72. The number of benzene rings is 1. The minimum absolute atomic E-state index is 0. The lowest BCUT2D eigenvalue weighted by atomic mass is 10.0. The summed E-state index contributed by atoms with van der Waals surface area (Å²) in [5.74, 6) is 0.0838. The highest BCUT2D eigenvalue weighted by Gasteiger charge is 2.24. The van der Waals surface area contributed by atoms with Crippen LogP contribution in [0.4, 0.5) is 0 Å². The van der Waals surface area contributed by atoms with Gasteiger partial charge in [0.15, 0.2) is 9.84 Å². The van der Waals surface area contributed by atoms with Gasteiger partial charge in [-0.05, 0) is 43.9 Å². The van der Waals surface area contributed by atoms with Crippen LogP contribution < -0.4 is 10.1 Å². The van der Waals surface area contributed by atoms with E-state index in [4.69, 9.17) is 4.74 Å². The summed E-state index contributed by atoms with van der Waals surface area (Å²) < 4.78 is 28.9. The number of amides is 1. The molecule has 8 heteroatoms. The molecular formula is C21H29ClN2O4S. The number of rotatable bonds is 6. The molecule has 1 heterocycles. The summed E-state index contributed by atoms with van der Waals surface area (Å²) in [6.45, 7) is 2.87. The third-order valence-corrected chi connectivity index (χ3v) is 6.39. The van der Waals surface area contributed by atoms with Gasteiger partial charge in [-0.15, -0.1) is 12.4 Å². The van der Waals surface area contributed by atoms with E-state index >= 15 is 0 Å². The summed E-state index contributed by atoms with van der Waals surface area (Å²) in [6.07, 6.45) is 11.7. The van der Waals surface area contributed by atoms with Crippen molar-refractivity contribution in [1.82, 2.24) is 10.2 Å². The average Bonchev–Trinajstić information content (AvgIpc) is 2.69. The Morgan fingerprint density at radius 1 is 1.24 bits per heavy atom. The van der Waals surface area contributed by atoms with E-state index in [1.807, 2.05) is 0 Å². The third-order valence-electron chi connectivity index (χ3n) is 5.28. The zero-order valence-electron chi connectivity index (χ0n) is 16.9. The molecule has 1 aromatic carbocycles. The second-order valence-corrected chi connectivity index (χ2v) is 9.45. The first-order valence-corrected chi connectivity index (χ1v) is 11.5. The van der Waals surface area contributed by atoms with Crippen LogP contribution in [0.25, 0.3) is 0 Å². The second kappa shape index (κ2) is 10.3. The molecule has 0 atom stereocenters. The Labute approximate surface area is 179 Å². The van der Waals surface area contributed by atoms with E-state index in [-0.39, 0.29) is 34.8 Å². The quantitative estimate of drug-likeness (QED) is 0.688. The zero-order chi connectivity index (χ0) is 20.1. The fourth-order valence-electron chi connectivity index (χ4n) is 3.66. The molecule has 1 amide bonds. The normalized spacial score (nSPS) is 17.9. The molecular weight excluding hydrogens is 412 g/mol. The number of halogens is 1. The molecule has 1 N–H and O–H groups in total. The SMILES string of the molecule is COc1ccc(S(C)(=O)=O)cc1C(=O)NC1CCN(CC2=CCC=CC2)CC1.Cl. The highest BCUT2D eigenvalue weighted by atomic mass is 35.5.